The third-order valence-electron chi connectivity index (χ3n) is 6.71. The summed E-state index contributed by atoms with van der Waals surface area (Å²) in [6.45, 7) is 0.674. The minimum absolute atomic E-state index is 0.0109. The summed E-state index contributed by atoms with van der Waals surface area (Å²) in [5.74, 6) is 1.58. The predicted molar refractivity (Wildman–Crippen MR) is 111 cm³/mol. The van der Waals surface area contributed by atoms with Crippen LogP contribution in [-0.2, 0) is 19.3 Å². The lowest BCUT2D eigenvalue weighted by Crippen LogP contribution is -2.24. The van der Waals surface area contributed by atoms with Gasteiger partial charge in [0.1, 0.15) is 6.61 Å². The Labute approximate surface area is 176 Å². The molecule has 170 valence electrons. The SMILES string of the molecule is O=C(COCCCC[C@H]1CCC[C@@H]1CCC(O)C1CCCCC1)OOCCCO. The molecule has 0 spiro atoms. The molecule has 0 radical (unpaired) electrons. The van der Waals surface area contributed by atoms with Crippen LogP contribution in [-0.4, -0.2) is 48.7 Å². The average Bonchev–Trinajstić information content (AvgIpc) is 3.20. The van der Waals surface area contributed by atoms with E-state index in [1.807, 2.05) is 0 Å². The van der Waals surface area contributed by atoms with E-state index in [4.69, 9.17) is 9.84 Å². The number of ether oxygens (including phenoxy) is 1. The van der Waals surface area contributed by atoms with Crippen LogP contribution < -0.4 is 0 Å². The number of carbonyl (C=O) groups excluding carboxylic acids is 1. The monoisotopic (exact) mass is 414 g/mol. The van der Waals surface area contributed by atoms with Crippen molar-refractivity contribution in [2.24, 2.45) is 17.8 Å². The van der Waals surface area contributed by atoms with Crippen LogP contribution in [0.3, 0.4) is 0 Å². The van der Waals surface area contributed by atoms with Crippen LogP contribution in [0.2, 0.25) is 0 Å². The van der Waals surface area contributed by atoms with Gasteiger partial charge in [-0.2, -0.15) is 4.89 Å². The maximum absolute atomic E-state index is 11.4. The fourth-order valence-electron chi connectivity index (χ4n) is 5.03. The number of hydrogen-bond donors (Lipinski definition) is 2. The van der Waals surface area contributed by atoms with Gasteiger partial charge in [0.25, 0.3) is 0 Å². The lowest BCUT2D eigenvalue weighted by molar-refractivity contribution is -0.275. The Morgan fingerprint density at radius 1 is 0.897 bits per heavy atom. The Hall–Kier alpha value is -0.690. The van der Waals surface area contributed by atoms with Crippen LogP contribution in [0.1, 0.15) is 89.9 Å². The number of unbranched alkanes of at least 4 members (excludes halogenated alkanes) is 1. The van der Waals surface area contributed by atoms with E-state index in [1.165, 1.54) is 64.2 Å². The van der Waals surface area contributed by atoms with Gasteiger partial charge in [0, 0.05) is 13.2 Å². The van der Waals surface area contributed by atoms with Crippen molar-refractivity contribution in [2.45, 2.75) is 96.0 Å². The van der Waals surface area contributed by atoms with Crippen molar-refractivity contribution in [2.75, 3.05) is 26.4 Å². The third kappa shape index (κ3) is 10.3. The molecule has 6 heteroatoms. The Bertz CT molecular complexity index is 424. The topological polar surface area (TPSA) is 85.2 Å². The first-order valence-corrected chi connectivity index (χ1v) is 11.9. The molecule has 2 aliphatic rings. The Morgan fingerprint density at radius 3 is 2.41 bits per heavy atom. The van der Waals surface area contributed by atoms with Crippen molar-refractivity contribution >= 4 is 5.97 Å². The van der Waals surface area contributed by atoms with Gasteiger partial charge in [0.2, 0.25) is 0 Å². The predicted octanol–water partition coefficient (Wildman–Crippen LogP) is 4.17. The second-order valence-electron chi connectivity index (χ2n) is 8.90. The van der Waals surface area contributed by atoms with Gasteiger partial charge in [-0.25, -0.2) is 4.79 Å². The number of hydrogen-bond acceptors (Lipinski definition) is 6. The molecular weight excluding hydrogens is 372 g/mol. The van der Waals surface area contributed by atoms with Crippen molar-refractivity contribution in [3.63, 3.8) is 0 Å². The van der Waals surface area contributed by atoms with Crippen molar-refractivity contribution < 1.29 is 29.5 Å². The molecule has 0 bridgehead atoms. The zero-order chi connectivity index (χ0) is 20.7. The van der Waals surface area contributed by atoms with Crippen LogP contribution in [0.5, 0.6) is 0 Å². The Balaban J connectivity index is 1.48. The third-order valence-corrected chi connectivity index (χ3v) is 6.71. The first-order chi connectivity index (χ1) is 14.2. The van der Waals surface area contributed by atoms with Gasteiger partial charge in [-0.1, -0.05) is 51.4 Å². The summed E-state index contributed by atoms with van der Waals surface area (Å²) in [6, 6.07) is 0. The molecule has 0 heterocycles. The number of carbonyl (C=O) groups is 1. The highest BCUT2D eigenvalue weighted by atomic mass is 17.2. The van der Waals surface area contributed by atoms with Crippen LogP contribution >= 0.6 is 0 Å². The fourth-order valence-corrected chi connectivity index (χ4v) is 5.03. The Morgan fingerprint density at radius 2 is 1.66 bits per heavy atom. The number of aliphatic hydroxyl groups excluding tert-OH is 2. The van der Waals surface area contributed by atoms with Crippen molar-refractivity contribution in [1.82, 2.24) is 0 Å². The summed E-state index contributed by atoms with van der Waals surface area (Å²) in [4.78, 5) is 20.6. The van der Waals surface area contributed by atoms with Crippen molar-refractivity contribution in [3.05, 3.63) is 0 Å². The maximum Gasteiger partial charge on any atom is 0.367 e. The minimum atomic E-state index is -0.532. The van der Waals surface area contributed by atoms with Gasteiger partial charge in [-0.05, 0) is 56.3 Å². The first kappa shape index (κ1) is 24.6. The number of rotatable bonds is 15. The van der Waals surface area contributed by atoms with E-state index in [9.17, 15) is 9.90 Å². The quantitative estimate of drug-likeness (QED) is 0.238. The standard InChI is InChI=1S/C23H42O6/c24-15-7-17-28-29-23(26)18-27-16-5-4-8-19-11-6-12-20(19)13-14-22(25)21-9-2-1-3-10-21/h19-22,24-25H,1-18H2/t19-,20+,22?/m0/s1. The van der Waals surface area contributed by atoms with Crippen LogP contribution in [0.25, 0.3) is 0 Å². The van der Waals surface area contributed by atoms with Gasteiger partial charge in [0.15, 0.2) is 0 Å². The van der Waals surface area contributed by atoms with Crippen LogP contribution in [0.15, 0.2) is 0 Å². The molecule has 29 heavy (non-hydrogen) atoms. The molecule has 6 nitrogen and oxygen atoms in total. The second-order valence-corrected chi connectivity index (χ2v) is 8.90. The first-order valence-electron chi connectivity index (χ1n) is 11.9. The summed E-state index contributed by atoms with van der Waals surface area (Å²) in [5, 5.41) is 19.1. The summed E-state index contributed by atoms with van der Waals surface area (Å²) in [7, 11) is 0. The maximum atomic E-state index is 11.4. The fraction of sp³-hybridized carbons (Fsp3) is 0.957. The van der Waals surface area contributed by atoms with Gasteiger partial charge >= 0.3 is 5.97 Å². The summed E-state index contributed by atoms with van der Waals surface area (Å²) >= 11 is 0. The van der Waals surface area contributed by atoms with E-state index in [0.29, 0.717) is 18.9 Å². The zero-order valence-electron chi connectivity index (χ0n) is 18.1. The van der Waals surface area contributed by atoms with Gasteiger partial charge < -0.3 is 14.9 Å². The van der Waals surface area contributed by atoms with Gasteiger partial charge in [-0.3, -0.25) is 4.89 Å². The Kier molecular flexibility index (Phi) is 12.9. The molecule has 0 saturated heterocycles. The molecule has 0 aromatic heterocycles. The van der Waals surface area contributed by atoms with E-state index in [-0.39, 0.29) is 25.9 Å². The molecule has 2 N–H and O–H groups in total. The van der Waals surface area contributed by atoms with Crippen molar-refractivity contribution in [3.8, 4) is 0 Å². The molecule has 1 unspecified atom stereocenters. The van der Waals surface area contributed by atoms with Gasteiger partial charge in [-0.15, -0.1) is 0 Å². The lowest BCUT2D eigenvalue weighted by Gasteiger charge is -2.28. The lowest BCUT2D eigenvalue weighted by atomic mass is 9.81. The largest absolute Gasteiger partial charge is 0.396 e. The summed E-state index contributed by atoms with van der Waals surface area (Å²) < 4.78 is 5.35. The van der Waals surface area contributed by atoms with E-state index in [0.717, 1.165) is 31.1 Å². The molecule has 2 rings (SSSR count). The molecule has 2 fully saturated rings. The molecule has 0 aliphatic heterocycles. The average molecular weight is 415 g/mol. The van der Waals surface area contributed by atoms with E-state index in [2.05, 4.69) is 9.78 Å². The molecule has 0 aromatic rings. The van der Waals surface area contributed by atoms with Crippen molar-refractivity contribution in [1.29, 1.82) is 0 Å². The van der Waals surface area contributed by atoms with E-state index >= 15 is 0 Å². The molecule has 2 aliphatic carbocycles. The molecule has 0 amide bonds. The van der Waals surface area contributed by atoms with Gasteiger partial charge in [0.05, 0.1) is 12.7 Å². The number of aliphatic hydroxyl groups is 2. The highest BCUT2D eigenvalue weighted by Gasteiger charge is 2.28. The molecule has 2 saturated carbocycles. The molecule has 0 aromatic carbocycles. The van der Waals surface area contributed by atoms with E-state index in [1.54, 1.807) is 0 Å². The highest BCUT2D eigenvalue weighted by molar-refractivity contribution is 5.69. The molecular formula is C23H42O6. The zero-order valence-corrected chi connectivity index (χ0v) is 18.1. The second kappa shape index (κ2) is 15.2. The summed E-state index contributed by atoms with van der Waals surface area (Å²) in [6.07, 6.45) is 16.2. The van der Waals surface area contributed by atoms with Crippen LogP contribution in [0.4, 0.5) is 0 Å². The summed E-state index contributed by atoms with van der Waals surface area (Å²) in [5.41, 5.74) is 0. The normalized spacial score (nSPS) is 23.9. The van der Waals surface area contributed by atoms with Crippen LogP contribution in [0, 0.1) is 17.8 Å². The minimum Gasteiger partial charge on any atom is -0.396 e. The smallest absolute Gasteiger partial charge is 0.367 e. The van der Waals surface area contributed by atoms with E-state index < -0.39 is 5.97 Å². The molecule has 3 atom stereocenters. The highest BCUT2D eigenvalue weighted by Crippen LogP contribution is 2.39.